The second kappa shape index (κ2) is 7.93. The molecule has 0 heterocycles. The number of nitrogens with one attached hydrogen (secondary N) is 1. The molecule has 1 saturated carbocycles. The molecule has 1 aliphatic rings. The fourth-order valence-electron chi connectivity index (χ4n) is 3.02. The Morgan fingerprint density at radius 3 is 2.50 bits per heavy atom. The van der Waals surface area contributed by atoms with Gasteiger partial charge in [-0.05, 0) is 56.0 Å². The first-order valence-corrected chi connectivity index (χ1v) is 9.03. The molecule has 0 aromatic heterocycles. The smallest absolute Gasteiger partial charge is 0.359 e. The highest BCUT2D eigenvalue weighted by Gasteiger charge is 2.36. The van der Waals surface area contributed by atoms with Crippen molar-refractivity contribution in [2.24, 2.45) is 5.92 Å². The van der Waals surface area contributed by atoms with Crippen molar-refractivity contribution >= 4 is 17.3 Å². The van der Waals surface area contributed by atoms with Crippen LogP contribution in [0.5, 0.6) is 0 Å². The predicted molar refractivity (Wildman–Crippen MR) is 101 cm³/mol. The lowest BCUT2D eigenvalue weighted by molar-refractivity contribution is -0.137. The second-order valence-corrected chi connectivity index (χ2v) is 6.97. The zero-order valence-corrected chi connectivity index (χ0v) is 15.3. The number of nitriles is 1. The summed E-state index contributed by atoms with van der Waals surface area (Å²) in [5, 5.41) is 11.8. The highest BCUT2D eigenvalue weighted by molar-refractivity contribution is 5.96. The Balaban J connectivity index is 1.89. The Morgan fingerprint density at radius 1 is 1.25 bits per heavy atom. The topological polar surface area (TPSA) is 56.1 Å². The minimum atomic E-state index is -4.64. The minimum Gasteiger partial charge on any atom is -0.359 e. The summed E-state index contributed by atoms with van der Waals surface area (Å²) in [5.74, 6) is 0.0572. The van der Waals surface area contributed by atoms with Crippen molar-refractivity contribution in [2.45, 2.75) is 32.0 Å². The van der Waals surface area contributed by atoms with Gasteiger partial charge in [-0.2, -0.15) is 18.4 Å². The number of amides is 1. The molecule has 2 aromatic rings. The van der Waals surface area contributed by atoms with Crippen LogP contribution in [0.3, 0.4) is 0 Å². The van der Waals surface area contributed by atoms with Gasteiger partial charge in [0, 0.05) is 17.9 Å². The van der Waals surface area contributed by atoms with E-state index in [4.69, 9.17) is 5.26 Å². The molecule has 2 aromatic carbocycles. The van der Waals surface area contributed by atoms with E-state index in [-0.39, 0.29) is 11.6 Å². The van der Waals surface area contributed by atoms with E-state index in [9.17, 15) is 18.0 Å². The molecule has 1 fully saturated rings. The normalized spacial score (nSPS) is 14.8. The molecule has 1 aliphatic carbocycles. The van der Waals surface area contributed by atoms with Gasteiger partial charge in [0.05, 0.1) is 17.2 Å². The maximum absolute atomic E-state index is 13.4. The highest BCUT2D eigenvalue weighted by atomic mass is 19.4. The van der Waals surface area contributed by atoms with E-state index in [0.717, 1.165) is 18.9 Å². The van der Waals surface area contributed by atoms with E-state index in [1.807, 2.05) is 6.07 Å². The third kappa shape index (κ3) is 4.63. The van der Waals surface area contributed by atoms with E-state index in [0.29, 0.717) is 18.2 Å². The summed E-state index contributed by atoms with van der Waals surface area (Å²) in [6, 6.07) is 13.4. The summed E-state index contributed by atoms with van der Waals surface area (Å²) in [5.41, 5.74) is -0.497. The maximum atomic E-state index is 13.4. The Bertz CT molecular complexity index is 886. The van der Waals surface area contributed by atoms with Crippen molar-refractivity contribution < 1.29 is 18.0 Å². The van der Waals surface area contributed by atoms with Crippen LogP contribution in [-0.2, 0) is 11.0 Å². The van der Waals surface area contributed by atoms with Gasteiger partial charge in [0.2, 0.25) is 5.91 Å². The average Bonchev–Trinajstić information content (AvgIpc) is 3.49. The summed E-state index contributed by atoms with van der Waals surface area (Å²) in [6.07, 6.45) is -2.65. The monoisotopic (exact) mass is 387 g/mol. The number of carbonyl (C=O) groups is 1. The molecular weight excluding hydrogens is 367 g/mol. The molecule has 1 unspecified atom stereocenters. The van der Waals surface area contributed by atoms with Crippen LogP contribution in [0.25, 0.3) is 0 Å². The Kier molecular flexibility index (Phi) is 5.59. The molecule has 0 saturated heterocycles. The number of carbonyl (C=O) groups excluding carboxylic acids is 1. The first-order valence-electron chi connectivity index (χ1n) is 9.03. The van der Waals surface area contributed by atoms with Crippen molar-refractivity contribution in [3.05, 3.63) is 59.7 Å². The van der Waals surface area contributed by atoms with Crippen molar-refractivity contribution in [3.8, 4) is 6.07 Å². The van der Waals surface area contributed by atoms with Crippen LogP contribution >= 0.6 is 0 Å². The lowest BCUT2D eigenvalue weighted by atomic mass is 10.1. The van der Waals surface area contributed by atoms with Crippen LogP contribution in [0.2, 0.25) is 0 Å². The number of para-hydroxylation sites is 1. The summed E-state index contributed by atoms with van der Waals surface area (Å²) in [6.45, 7) is 2.17. The second-order valence-electron chi connectivity index (χ2n) is 6.97. The number of hydrogen-bond donors (Lipinski definition) is 1. The third-order valence-corrected chi connectivity index (χ3v) is 4.80. The van der Waals surface area contributed by atoms with E-state index in [2.05, 4.69) is 5.32 Å². The minimum absolute atomic E-state index is 0.286. The van der Waals surface area contributed by atoms with Gasteiger partial charge >= 0.3 is 6.18 Å². The van der Waals surface area contributed by atoms with Gasteiger partial charge in [-0.15, -0.1) is 0 Å². The molecule has 0 aliphatic heterocycles. The highest BCUT2D eigenvalue weighted by Crippen LogP contribution is 2.37. The fourth-order valence-corrected chi connectivity index (χ4v) is 3.02. The number of anilines is 2. The Labute approximate surface area is 161 Å². The van der Waals surface area contributed by atoms with Crippen LogP contribution in [0.15, 0.2) is 48.5 Å². The van der Waals surface area contributed by atoms with Crippen LogP contribution in [0, 0.1) is 17.2 Å². The van der Waals surface area contributed by atoms with E-state index < -0.39 is 23.3 Å². The predicted octanol–water partition coefficient (Wildman–Crippen LogP) is 4.82. The molecule has 1 N–H and O–H groups in total. The zero-order chi connectivity index (χ0) is 20.3. The number of halogens is 3. The number of rotatable bonds is 6. The quantitative estimate of drug-likeness (QED) is 0.773. The lowest BCUT2D eigenvalue weighted by Crippen LogP contribution is -2.43. The van der Waals surface area contributed by atoms with Gasteiger partial charge in [-0.1, -0.05) is 18.2 Å². The van der Waals surface area contributed by atoms with Crippen molar-refractivity contribution in [1.29, 1.82) is 5.26 Å². The maximum Gasteiger partial charge on any atom is 0.417 e. The van der Waals surface area contributed by atoms with Crippen molar-refractivity contribution in [2.75, 3.05) is 16.8 Å². The van der Waals surface area contributed by atoms with E-state index >= 15 is 0 Å². The fraction of sp³-hybridized carbons (Fsp3) is 0.333. The molecule has 0 spiro atoms. The molecule has 4 nitrogen and oxygen atoms in total. The molecule has 28 heavy (non-hydrogen) atoms. The molecule has 0 bridgehead atoms. The van der Waals surface area contributed by atoms with Crippen LogP contribution in [0.1, 0.15) is 30.9 Å². The molecule has 1 atom stereocenters. The lowest BCUT2D eigenvalue weighted by Gasteiger charge is -2.31. The Morgan fingerprint density at radius 2 is 1.93 bits per heavy atom. The molecule has 3 rings (SSSR count). The molecule has 146 valence electrons. The molecule has 1 amide bonds. The first kappa shape index (κ1) is 19.7. The number of benzene rings is 2. The molecule has 0 radical (unpaired) electrons. The number of nitrogens with zero attached hydrogens (tertiary/aromatic N) is 2. The van der Waals surface area contributed by atoms with Crippen molar-refractivity contribution in [1.82, 2.24) is 0 Å². The first-order chi connectivity index (χ1) is 13.3. The zero-order valence-electron chi connectivity index (χ0n) is 15.3. The average molecular weight is 387 g/mol. The van der Waals surface area contributed by atoms with E-state index in [1.54, 1.807) is 42.2 Å². The van der Waals surface area contributed by atoms with E-state index in [1.165, 1.54) is 12.1 Å². The van der Waals surface area contributed by atoms with Crippen LogP contribution < -0.4 is 10.2 Å². The SMILES string of the molecule is CC(C(=O)Nc1ccccc1)N(CC1CC1)c1ccc(C#N)c(C(F)(F)F)c1. The number of alkyl halides is 3. The van der Waals surface area contributed by atoms with Crippen molar-refractivity contribution in [3.63, 3.8) is 0 Å². The van der Waals surface area contributed by atoms with Gasteiger partial charge in [-0.3, -0.25) is 4.79 Å². The Hall–Kier alpha value is -3.01. The molecular formula is C21H20F3N3O. The summed E-state index contributed by atoms with van der Waals surface area (Å²) < 4.78 is 40.1. The molecule has 7 heteroatoms. The summed E-state index contributed by atoms with van der Waals surface area (Å²) in [7, 11) is 0. The van der Waals surface area contributed by atoms with Gasteiger partial charge < -0.3 is 10.2 Å². The van der Waals surface area contributed by atoms with Crippen LogP contribution in [0.4, 0.5) is 24.5 Å². The van der Waals surface area contributed by atoms with Gasteiger partial charge in [0.15, 0.2) is 0 Å². The third-order valence-electron chi connectivity index (χ3n) is 4.80. The van der Waals surface area contributed by atoms with Gasteiger partial charge in [-0.25, -0.2) is 0 Å². The van der Waals surface area contributed by atoms with Gasteiger partial charge in [0.25, 0.3) is 0 Å². The standard InChI is InChI=1S/C21H20F3N3O/c1-14(20(28)26-17-5-3-2-4-6-17)27(13-15-7-8-15)18-10-9-16(12-25)19(11-18)21(22,23)24/h2-6,9-11,14-15H,7-8,13H2,1H3,(H,26,28). The summed E-state index contributed by atoms with van der Waals surface area (Å²) >= 11 is 0. The van der Waals surface area contributed by atoms with Gasteiger partial charge in [0.1, 0.15) is 6.04 Å². The van der Waals surface area contributed by atoms with Crippen LogP contribution in [-0.4, -0.2) is 18.5 Å². The largest absolute Gasteiger partial charge is 0.417 e. The summed E-state index contributed by atoms with van der Waals surface area (Å²) in [4.78, 5) is 14.4. The number of hydrogen-bond acceptors (Lipinski definition) is 3.